The monoisotopic (exact) mass is 337 g/mol. The normalized spacial score (nSPS) is 10.4. The minimum absolute atomic E-state index is 0.218. The zero-order chi connectivity index (χ0) is 17.9. The standard InChI is InChI=1S/C22H15N3O/c23-14-18-21(16-10-4-6-12-19(16)25-22(18)24)17-11-5-7-13-20(17)26-15-8-2-1-3-9-15/h1-13H,(H2,24,25). The molecule has 0 saturated heterocycles. The summed E-state index contributed by atoms with van der Waals surface area (Å²) in [6.45, 7) is 0. The highest BCUT2D eigenvalue weighted by molar-refractivity contribution is 6.01. The zero-order valence-corrected chi connectivity index (χ0v) is 13.9. The molecule has 26 heavy (non-hydrogen) atoms. The summed E-state index contributed by atoms with van der Waals surface area (Å²) in [7, 11) is 0. The first-order valence-corrected chi connectivity index (χ1v) is 8.18. The van der Waals surface area contributed by atoms with Gasteiger partial charge in [-0.05, 0) is 24.3 Å². The van der Waals surface area contributed by atoms with Gasteiger partial charge in [-0.1, -0.05) is 54.6 Å². The van der Waals surface area contributed by atoms with Gasteiger partial charge in [-0.15, -0.1) is 0 Å². The molecule has 0 saturated carbocycles. The Morgan fingerprint density at radius 2 is 1.54 bits per heavy atom. The molecular weight excluding hydrogens is 322 g/mol. The fourth-order valence-corrected chi connectivity index (χ4v) is 3.00. The molecule has 0 unspecified atom stereocenters. The summed E-state index contributed by atoms with van der Waals surface area (Å²) in [6, 6.07) is 27.0. The first-order valence-electron chi connectivity index (χ1n) is 8.18. The Kier molecular flexibility index (Phi) is 3.97. The fraction of sp³-hybridized carbons (Fsp3) is 0. The van der Waals surface area contributed by atoms with Gasteiger partial charge in [0.25, 0.3) is 0 Å². The number of nitrogen functional groups attached to an aromatic ring is 1. The van der Waals surface area contributed by atoms with Crippen LogP contribution >= 0.6 is 0 Å². The molecule has 0 aliphatic rings. The number of nitrogens with zero attached hydrogens (tertiary/aromatic N) is 2. The summed E-state index contributed by atoms with van der Waals surface area (Å²) in [6.07, 6.45) is 0. The number of ether oxygens (including phenoxy) is 1. The molecule has 3 aromatic carbocycles. The van der Waals surface area contributed by atoms with Crippen molar-refractivity contribution in [2.75, 3.05) is 5.73 Å². The van der Waals surface area contributed by atoms with E-state index in [9.17, 15) is 5.26 Å². The Morgan fingerprint density at radius 3 is 2.35 bits per heavy atom. The largest absolute Gasteiger partial charge is 0.457 e. The number of fused-ring (bicyclic) bond motifs is 1. The van der Waals surface area contributed by atoms with Crippen molar-refractivity contribution in [1.82, 2.24) is 4.98 Å². The van der Waals surface area contributed by atoms with Crippen molar-refractivity contribution in [3.05, 3.63) is 84.4 Å². The first-order chi connectivity index (χ1) is 12.8. The van der Waals surface area contributed by atoms with Gasteiger partial charge in [-0.3, -0.25) is 0 Å². The smallest absolute Gasteiger partial charge is 0.142 e. The number of aromatic nitrogens is 1. The molecule has 2 N–H and O–H groups in total. The Labute approximate surface area is 151 Å². The summed E-state index contributed by atoms with van der Waals surface area (Å²) in [5, 5.41) is 10.6. The molecule has 1 aromatic heterocycles. The van der Waals surface area contributed by atoms with E-state index in [0.29, 0.717) is 11.3 Å². The molecule has 1 heterocycles. The van der Waals surface area contributed by atoms with E-state index < -0.39 is 0 Å². The van der Waals surface area contributed by atoms with Crippen molar-refractivity contribution < 1.29 is 4.74 Å². The quantitative estimate of drug-likeness (QED) is 0.561. The summed E-state index contributed by atoms with van der Waals surface area (Å²) in [5.41, 5.74) is 8.70. The van der Waals surface area contributed by atoms with Crippen LogP contribution < -0.4 is 10.5 Å². The number of benzene rings is 3. The van der Waals surface area contributed by atoms with Crippen molar-refractivity contribution in [3.63, 3.8) is 0 Å². The molecular formula is C22H15N3O. The highest BCUT2D eigenvalue weighted by atomic mass is 16.5. The molecule has 0 aliphatic carbocycles. The van der Waals surface area contributed by atoms with Crippen LogP contribution in [0.25, 0.3) is 22.0 Å². The van der Waals surface area contributed by atoms with E-state index in [0.717, 1.165) is 27.8 Å². The van der Waals surface area contributed by atoms with Gasteiger partial charge >= 0.3 is 0 Å². The highest BCUT2D eigenvalue weighted by Gasteiger charge is 2.18. The van der Waals surface area contributed by atoms with E-state index in [2.05, 4.69) is 11.1 Å². The third kappa shape index (κ3) is 2.72. The minimum Gasteiger partial charge on any atom is -0.457 e. The molecule has 0 spiro atoms. The molecule has 124 valence electrons. The molecule has 0 atom stereocenters. The van der Waals surface area contributed by atoms with Crippen LogP contribution in [0.4, 0.5) is 5.82 Å². The molecule has 0 radical (unpaired) electrons. The van der Waals surface area contributed by atoms with E-state index in [4.69, 9.17) is 10.5 Å². The molecule has 0 amide bonds. The van der Waals surface area contributed by atoms with Gasteiger partial charge in [0, 0.05) is 16.5 Å². The predicted octanol–water partition coefficient (Wildman–Crippen LogP) is 5.15. The Bertz CT molecular complexity index is 1130. The molecule has 0 fully saturated rings. The van der Waals surface area contributed by atoms with Gasteiger partial charge in [0.1, 0.15) is 28.9 Å². The Balaban J connectivity index is 1.98. The van der Waals surface area contributed by atoms with Crippen molar-refractivity contribution >= 4 is 16.7 Å². The van der Waals surface area contributed by atoms with E-state index in [1.54, 1.807) is 0 Å². The number of anilines is 1. The number of hydrogen-bond acceptors (Lipinski definition) is 4. The maximum Gasteiger partial charge on any atom is 0.142 e. The van der Waals surface area contributed by atoms with Crippen LogP contribution in [0.1, 0.15) is 5.56 Å². The SMILES string of the molecule is N#Cc1c(N)nc2ccccc2c1-c1ccccc1Oc1ccccc1. The summed E-state index contributed by atoms with van der Waals surface area (Å²) in [5.74, 6) is 1.60. The molecule has 0 aliphatic heterocycles. The average Bonchev–Trinajstić information content (AvgIpc) is 2.68. The first kappa shape index (κ1) is 15.7. The molecule has 0 bridgehead atoms. The number of para-hydroxylation sites is 3. The second kappa shape index (κ2) is 6.58. The van der Waals surface area contributed by atoms with E-state index in [1.807, 2.05) is 78.9 Å². The van der Waals surface area contributed by atoms with Gasteiger partial charge in [0.05, 0.1) is 5.52 Å². The molecule has 4 heteroatoms. The van der Waals surface area contributed by atoms with Crippen LogP contribution in [0.2, 0.25) is 0 Å². The van der Waals surface area contributed by atoms with E-state index >= 15 is 0 Å². The van der Waals surface area contributed by atoms with Crippen molar-refractivity contribution in [3.8, 4) is 28.7 Å². The number of pyridine rings is 1. The Hall–Kier alpha value is -3.84. The summed E-state index contributed by atoms with van der Waals surface area (Å²) < 4.78 is 6.08. The van der Waals surface area contributed by atoms with Crippen molar-refractivity contribution in [2.45, 2.75) is 0 Å². The summed E-state index contributed by atoms with van der Waals surface area (Å²) >= 11 is 0. The topological polar surface area (TPSA) is 71.9 Å². The maximum absolute atomic E-state index is 9.69. The van der Waals surface area contributed by atoms with Gasteiger partial charge in [0.2, 0.25) is 0 Å². The summed E-state index contributed by atoms with van der Waals surface area (Å²) in [4.78, 5) is 4.36. The van der Waals surface area contributed by atoms with Crippen LogP contribution in [-0.2, 0) is 0 Å². The highest BCUT2D eigenvalue weighted by Crippen LogP contribution is 2.40. The average molecular weight is 337 g/mol. The zero-order valence-electron chi connectivity index (χ0n) is 13.9. The lowest BCUT2D eigenvalue weighted by atomic mass is 9.95. The third-order valence-electron chi connectivity index (χ3n) is 4.16. The molecule has 4 nitrogen and oxygen atoms in total. The second-order valence-electron chi connectivity index (χ2n) is 5.79. The van der Waals surface area contributed by atoms with Crippen LogP contribution in [-0.4, -0.2) is 4.98 Å². The van der Waals surface area contributed by atoms with Crippen molar-refractivity contribution in [2.24, 2.45) is 0 Å². The van der Waals surface area contributed by atoms with Gasteiger partial charge < -0.3 is 10.5 Å². The van der Waals surface area contributed by atoms with E-state index in [1.165, 1.54) is 0 Å². The predicted molar refractivity (Wildman–Crippen MR) is 103 cm³/mol. The fourth-order valence-electron chi connectivity index (χ4n) is 3.00. The number of rotatable bonds is 3. The number of nitriles is 1. The maximum atomic E-state index is 9.69. The lowest BCUT2D eigenvalue weighted by Crippen LogP contribution is -2.00. The van der Waals surface area contributed by atoms with Crippen LogP contribution in [0, 0.1) is 11.3 Å². The lowest BCUT2D eigenvalue weighted by molar-refractivity contribution is 0.484. The number of hydrogen-bond donors (Lipinski definition) is 1. The molecule has 4 rings (SSSR count). The van der Waals surface area contributed by atoms with Crippen molar-refractivity contribution in [1.29, 1.82) is 5.26 Å². The minimum atomic E-state index is 0.218. The van der Waals surface area contributed by atoms with Crippen LogP contribution in [0.5, 0.6) is 11.5 Å². The van der Waals surface area contributed by atoms with Crippen LogP contribution in [0.15, 0.2) is 78.9 Å². The van der Waals surface area contributed by atoms with Gasteiger partial charge in [-0.2, -0.15) is 5.26 Å². The molecule has 4 aromatic rings. The lowest BCUT2D eigenvalue weighted by Gasteiger charge is -2.15. The van der Waals surface area contributed by atoms with E-state index in [-0.39, 0.29) is 5.82 Å². The third-order valence-corrected chi connectivity index (χ3v) is 4.16. The second-order valence-corrected chi connectivity index (χ2v) is 5.79. The van der Waals surface area contributed by atoms with Crippen LogP contribution in [0.3, 0.4) is 0 Å². The number of nitrogens with two attached hydrogens (primary N) is 1. The van der Waals surface area contributed by atoms with Gasteiger partial charge in [0.15, 0.2) is 0 Å². The van der Waals surface area contributed by atoms with Gasteiger partial charge in [-0.25, -0.2) is 4.98 Å². The Morgan fingerprint density at radius 1 is 0.846 bits per heavy atom.